The van der Waals surface area contributed by atoms with E-state index in [2.05, 4.69) is 20.8 Å². The Hall–Kier alpha value is -2.37. The van der Waals surface area contributed by atoms with Crippen LogP contribution in [0.25, 0.3) is 0 Å². The lowest BCUT2D eigenvalue weighted by atomic mass is 10.3. The van der Waals surface area contributed by atoms with Crippen molar-refractivity contribution in [3.05, 3.63) is 42.5 Å². The fourth-order valence-corrected chi connectivity index (χ4v) is 1.45. The largest absolute Gasteiger partial charge is 0.376 e. The second-order valence-corrected chi connectivity index (χ2v) is 3.85. The molecule has 0 bridgehead atoms. The van der Waals surface area contributed by atoms with Crippen LogP contribution in [0, 0.1) is 0 Å². The molecule has 0 aliphatic rings. The van der Waals surface area contributed by atoms with E-state index >= 15 is 0 Å². The number of hydrogen-bond donors (Lipinski definition) is 2. The predicted molar refractivity (Wildman–Crippen MR) is 67.8 cm³/mol. The van der Waals surface area contributed by atoms with E-state index in [1.165, 1.54) is 0 Å². The Balaban J connectivity index is 1.75. The number of hydrogen-bond acceptors (Lipinski definition) is 4. The van der Waals surface area contributed by atoms with E-state index in [-0.39, 0.29) is 12.5 Å². The molecule has 0 saturated carbocycles. The van der Waals surface area contributed by atoms with E-state index in [0.717, 1.165) is 11.5 Å². The molecule has 94 valence electrons. The van der Waals surface area contributed by atoms with Crippen molar-refractivity contribution in [2.45, 2.75) is 6.54 Å². The van der Waals surface area contributed by atoms with Gasteiger partial charge in [-0.25, -0.2) is 0 Å². The first kappa shape index (κ1) is 12.1. The van der Waals surface area contributed by atoms with Gasteiger partial charge in [0.15, 0.2) is 5.82 Å². The minimum Gasteiger partial charge on any atom is -0.376 e. The van der Waals surface area contributed by atoms with Crippen LogP contribution in [0.1, 0.15) is 5.82 Å². The first-order chi connectivity index (χ1) is 8.75. The van der Waals surface area contributed by atoms with Gasteiger partial charge in [-0.3, -0.25) is 4.79 Å². The molecular weight excluding hydrogens is 230 g/mol. The quantitative estimate of drug-likeness (QED) is 0.806. The van der Waals surface area contributed by atoms with Crippen LogP contribution in [0.3, 0.4) is 0 Å². The highest BCUT2D eigenvalue weighted by atomic mass is 16.1. The number of nitrogens with zero attached hydrogens (tertiary/aromatic N) is 3. The second kappa shape index (κ2) is 5.81. The van der Waals surface area contributed by atoms with E-state index in [0.29, 0.717) is 6.54 Å². The molecule has 1 amide bonds. The van der Waals surface area contributed by atoms with Gasteiger partial charge in [0.2, 0.25) is 5.91 Å². The second-order valence-electron chi connectivity index (χ2n) is 3.85. The average Bonchev–Trinajstić information content (AvgIpc) is 2.81. The standard InChI is InChI=1S/C12H15N5O/c1-17-9-15-16-11(17)7-14-12(18)8-13-10-5-3-2-4-6-10/h2-6,9,13H,7-8H2,1H3,(H,14,18). The summed E-state index contributed by atoms with van der Waals surface area (Å²) in [6, 6.07) is 9.59. The minimum atomic E-state index is -0.0816. The summed E-state index contributed by atoms with van der Waals surface area (Å²) >= 11 is 0. The number of amides is 1. The lowest BCUT2D eigenvalue weighted by Crippen LogP contribution is -2.30. The molecule has 2 N–H and O–H groups in total. The first-order valence-corrected chi connectivity index (χ1v) is 5.64. The van der Waals surface area contributed by atoms with Crippen molar-refractivity contribution in [1.29, 1.82) is 0 Å². The lowest BCUT2D eigenvalue weighted by Gasteiger charge is -2.07. The molecule has 1 heterocycles. The summed E-state index contributed by atoms with van der Waals surface area (Å²) in [6.45, 7) is 0.619. The van der Waals surface area contributed by atoms with E-state index in [1.807, 2.05) is 37.4 Å². The van der Waals surface area contributed by atoms with Crippen LogP contribution in [-0.2, 0) is 18.4 Å². The number of carbonyl (C=O) groups excluding carboxylic acids is 1. The van der Waals surface area contributed by atoms with Gasteiger partial charge >= 0.3 is 0 Å². The molecule has 0 aliphatic heterocycles. The summed E-state index contributed by atoms with van der Waals surface area (Å²) in [5.74, 6) is 0.643. The van der Waals surface area contributed by atoms with Gasteiger partial charge in [0.25, 0.3) is 0 Å². The molecule has 6 heteroatoms. The Morgan fingerprint density at radius 1 is 1.33 bits per heavy atom. The lowest BCUT2D eigenvalue weighted by molar-refractivity contribution is -0.119. The van der Waals surface area contributed by atoms with Gasteiger partial charge in [0, 0.05) is 12.7 Å². The summed E-state index contributed by atoms with van der Waals surface area (Å²) in [5, 5.41) is 13.4. The maximum Gasteiger partial charge on any atom is 0.239 e. The van der Waals surface area contributed by atoms with Crippen molar-refractivity contribution in [1.82, 2.24) is 20.1 Å². The van der Waals surface area contributed by atoms with Crippen molar-refractivity contribution < 1.29 is 4.79 Å². The molecule has 18 heavy (non-hydrogen) atoms. The maximum atomic E-state index is 11.6. The van der Waals surface area contributed by atoms with Gasteiger partial charge in [0.05, 0.1) is 13.1 Å². The van der Waals surface area contributed by atoms with Crippen molar-refractivity contribution in [2.24, 2.45) is 7.05 Å². The third-order valence-electron chi connectivity index (χ3n) is 2.48. The van der Waals surface area contributed by atoms with E-state index in [1.54, 1.807) is 10.9 Å². The van der Waals surface area contributed by atoms with E-state index in [9.17, 15) is 4.79 Å². The fourth-order valence-electron chi connectivity index (χ4n) is 1.45. The summed E-state index contributed by atoms with van der Waals surface area (Å²) in [7, 11) is 1.84. The summed E-state index contributed by atoms with van der Waals surface area (Å²) in [6.07, 6.45) is 1.60. The SMILES string of the molecule is Cn1cnnc1CNC(=O)CNc1ccccc1. The molecule has 0 atom stereocenters. The van der Waals surface area contributed by atoms with Crippen molar-refractivity contribution in [3.8, 4) is 0 Å². The zero-order chi connectivity index (χ0) is 12.8. The molecule has 1 aromatic heterocycles. The van der Waals surface area contributed by atoms with Crippen LogP contribution < -0.4 is 10.6 Å². The highest BCUT2D eigenvalue weighted by molar-refractivity contribution is 5.80. The summed E-state index contributed by atoms with van der Waals surface area (Å²) in [5.41, 5.74) is 0.923. The number of anilines is 1. The average molecular weight is 245 g/mol. The van der Waals surface area contributed by atoms with Gasteiger partial charge in [-0.1, -0.05) is 18.2 Å². The number of para-hydroxylation sites is 1. The van der Waals surface area contributed by atoms with E-state index < -0.39 is 0 Å². The third kappa shape index (κ3) is 3.31. The van der Waals surface area contributed by atoms with Crippen molar-refractivity contribution in [2.75, 3.05) is 11.9 Å². The van der Waals surface area contributed by atoms with E-state index in [4.69, 9.17) is 0 Å². The number of carbonyl (C=O) groups is 1. The van der Waals surface area contributed by atoms with Crippen LogP contribution >= 0.6 is 0 Å². The number of benzene rings is 1. The number of nitrogens with one attached hydrogen (secondary N) is 2. The number of aromatic nitrogens is 3. The topological polar surface area (TPSA) is 71.8 Å². The van der Waals surface area contributed by atoms with Crippen LogP contribution in [0.5, 0.6) is 0 Å². The Labute approximate surface area is 105 Å². The highest BCUT2D eigenvalue weighted by Crippen LogP contribution is 2.03. The van der Waals surface area contributed by atoms with Crippen LogP contribution in [0.2, 0.25) is 0 Å². The molecule has 0 spiro atoms. The molecule has 2 aromatic rings. The molecule has 0 fully saturated rings. The molecular formula is C12H15N5O. The van der Waals surface area contributed by atoms with Gasteiger partial charge in [0.1, 0.15) is 6.33 Å². The number of aryl methyl sites for hydroxylation is 1. The summed E-state index contributed by atoms with van der Waals surface area (Å²) in [4.78, 5) is 11.6. The Morgan fingerprint density at radius 3 is 2.78 bits per heavy atom. The Kier molecular flexibility index (Phi) is 3.90. The van der Waals surface area contributed by atoms with Crippen LogP contribution in [0.4, 0.5) is 5.69 Å². The molecule has 6 nitrogen and oxygen atoms in total. The maximum absolute atomic E-state index is 11.6. The van der Waals surface area contributed by atoms with Gasteiger partial charge in [-0.2, -0.15) is 0 Å². The summed E-state index contributed by atoms with van der Waals surface area (Å²) < 4.78 is 1.77. The monoisotopic (exact) mass is 245 g/mol. The number of rotatable bonds is 5. The smallest absolute Gasteiger partial charge is 0.239 e. The first-order valence-electron chi connectivity index (χ1n) is 5.64. The zero-order valence-corrected chi connectivity index (χ0v) is 10.1. The molecule has 0 aliphatic carbocycles. The van der Waals surface area contributed by atoms with Crippen molar-refractivity contribution >= 4 is 11.6 Å². The van der Waals surface area contributed by atoms with Gasteiger partial charge < -0.3 is 15.2 Å². The fraction of sp³-hybridized carbons (Fsp3) is 0.250. The predicted octanol–water partition coefficient (Wildman–Crippen LogP) is 0.543. The van der Waals surface area contributed by atoms with Crippen LogP contribution in [0.15, 0.2) is 36.7 Å². The van der Waals surface area contributed by atoms with Crippen molar-refractivity contribution in [3.63, 3.8) is 0 Å². The molecule has 1 aromatic carbocycles. The van der Waals surface area contributed by atoms with Crippen LogP contribution in [-0.4, -0.2) is 27.2 Å². The van der Waals surface area contributed by atoms with Gasteiger partial charge in [-0.15, -0.1) is 10.2 Å². The highest BCUT2D eigenvalue weighted by Gasteiger charge is 2.04. The zero-order valence-electron chi connectivity index (χ0n) is 10.1. The van der Waals surface area contributed by atoms with Gasteiger partial charge in [-0.05, 0) is 12.1 Å². The normalized spacial score (nSPS) is 10.1. The molecule has 0 unspecified atom stereocenters. The Morgan fingerprint density at radius 2 is 2.11 bits per heavy atom. The minimum absolute atomic E-state index is 0.0816. The molecule has 2 rings (SSSR count). The molecule has 0 radical (unpaired) electrons. The Bertz CT molecular complexity index is 508. The molecule has 0 saturated heterocycles. The third-order valence-corrected chi connectivity index (χ3v) is 2.48.